The van der Waals surface area contributed by atoms with Gasteiger partial charge in [0.05, 0.1) is 0 Å². The molecule has 1 aromatic rings. The van der Waals surface area contributed by atoms with E-state index in [9.17, 15) is 9.59 Å². The van der Waals surface area contributed by atoms with Crippen LogP contribution in [-0.4, -0.2) is 40.0 Å². The number of urea groups is 1. The third-order valence-electron chi connectivity index (χ3n) is 3.62. The molecule has 1 aliphatic carbocycles. The van der Waals surface area contributed by atoms with Crippen LogP contribution in [0.3, 0.4) is 0 Å². The molecule has 122 valence electrons. The van der Waals surface area contributed by atoms with Crippen molar-refractivity contribution in [1.29, 1.82) is 0 Å². The maximum atomic E-state index is 11.9. The van der Waals surface area contributed by atoms with Crippen LogP contribution >= 0.6 is 23.1 Å². The van der Waals surface area contributed by atoms with Crippen LogP contribution in [0.1, 0.15) is 37.1 Å². The number of nitrogens with one attached hydrogen (secondary N) is 2. The minimum absolute atomic E-state index is 0.322. The maximum Gasteiger partial charge on any atom is 0.315 e. The zero-order valence-corrected chi connectivity index (χ0v) is 14.2. The molecular formula is C13H21N5O2S2. The third-order valence-corrected chi connectivity index (χ3v) is 5.68. The van der Waals surface area contributed by atoms with E-state index in [2.05, 4.69) is 20.8 Å². The van der Waals surface area contributed by atoms with E-state index in [0.29, 0.717) is 19.4 Å². The topological polar surface area (TPSA) is 110 Å². The number of primary amides is 1. The molecule has 1 heterocycles. The quantitative estimate of drug-likeness (QED) is 0.512. The molecule has 9 heteroatoms. The fourth-order valence-corrected chi connectivity index (χ4v) is 4.27. The van der Waals surface area contributed by atoms with Gasteiger partial charge in [0.15, 0.2) is 4.34 Å². The van der Waals surface area contributed by atoms with Crippen LogP contribution in [0.5, 0.6) is 0 Å². The Hall–Kier alpha value is -1.35. The number of nitrogens with zero attached hydrogens (tertiary/aromatic N) is 2. The fraction of sp³-hybridized carbons (Fsp3) is 0.692. The number of aryl methyl sites for hydroxylation is 1. The average molecular weight is 343 g/mol. The Kier molecular flexibility index (Phi) is 6.01. The predicted molar refractivity (Wildman–Crippen MR) is 86.9 cm³/mol. The van der Waals surface area contributed by atoms with Crippen LogP contribution in [0.2, 0.25) is 0 Å². The van der Waals surface area contributed by atoms with E-state index in [4.69, 9.17) is 5.73 Å². The Balaban J connectivity index is 1.64. The first-order chi connectivity index (χ1) is 10.5. The second-order valence-corrected chi connectivity index (χ2v) is 7.85. The van der Waals surface area contributed by atoms with Gasteiger partial charge in [0.2, 0.25) is 5.91 Å². The molecule has 1 aromatic heterocycles. The first kappa shape index (κ1) is 17.0. The lowest BCUT2D eigenvalue weighted by Crippen LogP contribution is -2.58. The van der Waals surface area contributed by atoms with E-state index in [1.807, 2.05) is 6.92 Å². The lowest BCUT2D eigenvalue weighted by atomic mass is 9.97. The highest BCUT2D eigenvalue weighted by Gasteiger charge is 2.40. The summed E-state index contributed by atoms with van der Waals surface area (Å²) in [6.07, 6.45) is 3.91. The van der Waals surface area contributed by atoms with Crippen LogP contribution in [-0.2, 0) is 4.79 Å². The number of carbonyl (C=O) groups is 2. The molecule has 3 amide bonds. The molecule has 0 aromatic carbocycles. The highest BCUT2D eigenvalue weighted by molar-refractivity contribution is 8.01. The lowest BCUT2D eigenvalue weighted by Gasteiger charge is -2.26. The van der Waals surface area contributed by atoms with Crippen molar-refractivity contribution in [2.45, 2.75) is 48.9 Å². The summed E-state index contributed by atoms with van der Waals surface area (Å²) in [7, 11) is 0. The largest absolute Gasteiger partial charge is 0.368 e. The molecule has 7 nitrogen and oxygen atoms in total. The Labute approximate surface area is 137 Å². The van der Waals surface area contributed by atoms with Crippen molar-refractivity contribution in [3.63, 3.8) is 0 Å². The van der Waals surface area contributed by atoms with Crippen molar-refractivity contribution in [3.05, 3.63) is 5.01 Å². The van der Waals surface area contributed by atoms with E-state index in [1.54, 1.807) is 23.1 Å². The zero-order valence-electron chi connectivity index (χ0n) is 12.6. The van der Waals surface area contributed by atoms with Gasteiger partial charge < -0.3 is 16.4 Å². The Morgan fingerprint density at radius 1 is 1.36 bits per heavy atom. The summed E-state index contributed by atoms with van der Waals surface area (Å²) >= 11 is 3.19. The van der Waals surface area contributed by atoms with Gasteiger partial charge in [0.25, 0.3) is 0 Å². The highest BCUT2D eigenvalue weighted by Crippen LogP contribution is 2.29. The van der Waals surface area contributed by atoms with Gasteiger partial charge in [-0.05, 0) is 26.2 Å². The molecule has 0 atom stereocenters. The summed E-state index contributed by atoms with van der Waals surface area (Å²) in [6, 6.07) is -0.322. The second kappa shape index (κ2) is 7.77. The van der Waals surface area contributed by atoms with Crippen molar-refractivity contribution in [3.8, 4) is 0 Å². The molecule has 1 fully saturated rings. The summed E-state index contributed by atoms with van der Waals surface area (Å²) in [6.45, 7) is 2.47. The van der Waals surface area contributed by atoms with Gasteiger partial charge in [0, 0.05) is 12.3 Å². The number of rotatable bonds is 7. The van der Waals surface area contributed by atoms with Gasteiger partial charge in [-0.25, -0.2) is 4.79 Å². The fourth-order valence-electron chi connectivity index (χ4n) is 2.44. The normalized spacial score (nSPS) is 16.4. The van der Waals surface area contributed by atoms with Crippen molar-refractivity contribution in [2.24, 2.45) is 5.73 Å². The van der Waals surface area contributed by atoms with Crippen LogP contribution < -0.4 is 16.4 Å². The molecule has 2 rings (SSSR count). The Morgan fingerprint density at radius 2 is 2.09 bits per heavy atom. The van der Waals surface area contributed by atoms with Crippen molar-refractivity contribution in [2.75, 3.05) is 12.3 Å². The van der Waals surface area contributed by atoms with E-state index in [0.717, 1.165) is 34.4 Å². The first-order valence-electron chi connectivity index (χ1n) is 7.31. The first-order valence-corrected chi connectivity index (χ1v) is 9.11. The summed E-state index contributed by atoms with van der Waals surface area (Å²) in [4.78, 5) is 23.4. The minimum Gasteiger partial charge on any atom is -0.368 e. The Morgan fingerprint density at radius 3 is 2.68 bits per heavy atom. The Bertz CT molecular complexity index is 528. The third kappa shape index (κ3) is 4.57. The molecule has 4 N–H and O–H groups in total. The molecular weight excluding hydrogens is 322 g/mol. The molecule has 0 aliphatic heterocycles. The standard InChI is InChI=1S/C13H21N5O2S2/c1-9-17-18-12(22-9)21-8-4-7-15-11(20)16-13(10(14)19)5-2-3-6-13/h2-8H2,1H3,(H2,14,19)(H2,15,16,20). The van der Waals surface area contributed by atoms with Crippen LogP contribution in [0, 0.1) is 6.92 Å². The van der Waals surface area contributed by atoms with Gasteiger partial charge >= 0.3 is 6.03 Å². The van der Waals surface area contributed by atoms with Crippen molar-refractivity contribution in [1.82, 2.24) is 20.8 Å². The molecule has 0 bridgehead atoms. The molecule has 0 saturated heterocycles. The lowest BCUT2D eigenvalue weighted by molar-refractivity contribution is -0.123. The SMILES string of the molecule is Cc1nnc(SCCCNC(=O)NC2(C(N)=O)CCCC2)s1. The minimum atomic E-state index is -0.858. The van der Waals surface area contributed by atoms with Crippen molar-refractivity contribution < 1.29 is 9.59 Å². The summed E-state index contributed by atoms with van der Waals surface area (Å²) < 4.78 is 0.945. The molecule has 1 aliphatic rings. The van der Waals surface area contributed by atoms with E-state index in [-0.39, 0.29) is 6.03 Å². The molecule has 0 unspecified atom stereocenters. The van der Waals surface area contributed by atoms with Gasteiger partial charge in [-0.1, -0.05) is 35.9 Å². The number of amides is 3. The second-order valence-electron chi connectivity index (χ2n) is 5.32. The van der Waals surface area contributed by atoms with Crippen LogP contribution in [0.4, 0.5) is 4.79 Å². The van der Waals surface area contributed by atoms with Crippen LogP contribution in [0.25, 0.3) is 0 Å². The van der Waals surface area contributed by atoms with Gasteiger partial charge in [-0.2, -0.15) is 0 Å². The van der Waals surface area contributed by atoms with Gasteiger partial charge in [-0.15, -0.1) is 10.2 Å². The number of carbonyl (C=O) groups excluding carboxylic acids is 2. The molecule has 0 spiro atoms. The van der Waals surface area contributed by atoms with Gasteiger partial charge in [-0.3, -0.25) is 4.79 Å². The number of nitrogens with two attached hydrogens (primary N) is 1. The number of thioether (sulfide) groups is 1. The van der Waals surface area contributed by atoms with Crippen LogP contribution in [0.15, 0.2) is 4.34 Å². The molecule has 1 saturated carbocycles. The van der Waals surface area contributed by atoms with Gasteiger partial charge in [0.1, 0.15) is 10.5 Å². The monoisotopic (exact) mass is 343 g/mol. The number of aromatic nitrogens is 2. The highest BCUT2D eigenvalue weighted by atomic mass is 32.2. The average Bonchev–Trinajstić information content (AvgIpc) is 3.08. The maximum absolute atomic E-state index is 11.9. The summed E-state index contributed by atoms with van der Waals surface area (Å²) in [5.41, 5.74) is 4.57. The molecule has 22 heavy (non-hydrogen) atoms. The zero-order chi connectivity index (χ0) is 16.0. The number of hydrogen-bond donors (Lipinski definition) is 3. The summed E-state index contributed by atoms with van der Waals surface area (Å²) in [5.74, 6) is 0.415. The predicted octanol–water partition coefficient (Wildman–Crippen LogP) is 1.43. The van der Waals surface area contributed by atoms with E-state index >= 15 is 0 Å². The van der Waals surface area contributed by atoms with E-state index in [1.165, 1.54) is 0 Å². The summed E-state index contributed by atoms with van der Waals surface area (Å²) in [5, 5.41) is 14.5. The van der Waals surface area contributed by atoms with E-state index < -0.39 is 11.4 Å². The molecule has 0 radical (unpaired) electrons. The smallest absolute Gasteiger partial charge is 0.315 e. The number of hydrogen-bond acceptors (Lipinski definition) is 6. The van der Waals surface area contributed by atoms with Crippen molar-refractivity contribution >= 4 is 35.0 Å².